The molecule has 9 nitrogen and oxygen atoms in total. The van der Waals surface area contributed by atoms with Crippen molar-refractivity contribution in [3.8, 4) is 5.75 Å². The van der Waals surface area contributed by atoms with Crippen molar-refractivity contribution in [3.05, 3.63) is 64.2 Å². The highest BCUT2D eigenvalue weighted by Gasteiger charge is 2.34. The SMILES string of the molecule is COCOc1ccc([C@H](O)[C@H](C(=O)OC)N(C)Sc2ccccc2[N+](=O)[O-])cc1. The Hall–Kier alpha value is -2.66. The quantitative estimate of drug-likeness (QED) is 0.203. The van der Waals surface area contributed by atoms with Crippen LogP contribution in [0.5, 0.6) is 5.75 Å². The molecule has 1 N–H and O–H groups in total. The van der Waals surface area contributed by atoms with Crippen LogP contribution in [0.2, 0.25) is 0 Å². The maximum atomic E-state index is 12.4. The maximum Gasteiger partial charge on any atom is 0.327 e. The van der Waals surface area contributed by atoms with Gasteiger partial charge in [0.25, 0.3) is 5.69 Å². The van der Waals surface area contributed by atoms with E-state index in [1.807, 2.05) is 0 Å². The van der Waals surface area contributed by atoms with Crippen LogP contribution in [0, 0.1) is 10.1 Å². The first kappa shape index (κ1) is 22.6. The summed E-state index contributed by atoms with van der Waals surface area (Å²) in [6.07, 6.45) is -1.24. The number of hydrogen-bond donors (Lipinski definition) is 1. The largest absolute Gasteiger partial charge is 0.468 e. The van der Waals surface area contributed by atoms with Crippen molar-refractivity contribution in [1.82, 2.24) is 4.31 Å². The van der Waals surface area contributed by atoms with E-state index >= 15 is 0 Å². The van der Waals surface area contributed by atoms with Crippen LogP contribution in [0.4, 0.5) is 5.69 Å². The summed E-state index contributed by atoms with van der Waals surface area (Å²) in [7, 11) is 4.28. The number of aliphatic hydroxyl groups is 1. The van der Waals surface area contributed by atoms with E-state index in [0.717, 1.165) is 11.9 Å². The van der Waals surface area contributed by atoms with E-state index in [1.54, 1.807) is 49.5 Å². The molecule has 29 heavy (non-hydrogen) atoms. The lowest BCUT2D eigenvalue weighted by molar-refractivity contribution is -0.387. The minimum Gasteiger partial charge on any atom is -0.468 e. The third-order valence-corrected chi connectivity index (χ3v) is 5.06. The molecular formula is C19H22N2O7S. The zero-order valence-corrected chi connectivity index (χ0v) is 17.0. The first-order valence-electron chi connectivity index (χ1n) is 8.50. The molecule has 10 heteroatoms. The molecule has 0 aliphatic carbocycles. The number of benzene rings is 2. The van der Waals surface area contributed by atoms with E-state index in [4.69, 9.17) is 14.2 Å². The zero-order valence-electron chi connectivity index (χ0n) is 16.2. The van der Waals surface area contributed by atoms with Crippen LogP contribution in [0.1, 0.15) is 11.7 Å². The first-order valence-corrected chi connectivity index (χ1v) is 9.28. The number of aliphatic hydroxyl groups excluding tert-OH is 1. The fraction of sp³-hybridized carbons (Fsp3) is 0.316. The van der Waals surface area contributed by atoms with E-state index < -0.39 is 23.0 Å². The number of para-hydroxylation sites is 1. The summed E-state index contributed by atoms with van der Waals surface area (Å²) in [5.74, 6) is -0.133. The summed E-state index contributed by atoms with van der Waals surface area (Å²) < 4.78 is 16.4. The van der Waals surface area contributed by atoms with E-state index in [1.165, 1.54) is 24.6 Å². The van der Waals surface area contributed by atoms with Crippen molar-refractivity contribution in [2.75, 3.05) is 28.1 Å². The Morgan fingerprint density at radius 1 is 1.21 bits per heavy atom. The number of hydrogen-bond acceptors (Lipinski definition) is 9. The molecule has 0 unspecified atom stereocenters. The van der Waals surface area contributed by atoms with E-state index in [2.05, 4.69) is 0 Å². The van der Waals surface area contributed by atoms with E-state index in [-0.39, 0.29) is 12.5 Å². The Morgan fingerprint density at radius 2 is 1.86 bits per heavy atom. The van der Waals surface area contributed by atoms with Crippen molar-refractivity contribution < 1.29 is 29.0 Å². The number of carbonyl (C=O) groups excluding carboxylic acids is 1. The average molecular weight is 422 g/mol. The molecule has 2 aromatic carbocycles. The van der Waals surface area contributed by atoms with E-state index in [9.17, 15) is 20.0 Å². The molecule has 2 atom stereocenters. The molecule has 0 fully saturated rings. The minimum atomic E-state index is -1.24. The lowest BCUT2D eigenvalue weighted by atomic mass is 10.0. The number of nitrogens with zero attached hydrogens (tertiary/aromatic N) is 2. The van der Waals surface area contributed by atoms with Gasteiger partial charge in [-0.1, -0.05) is 24.3 Å². The summed E-state index contributed by atoms with van der Waals surface area (Å²) >= 11 is 0.977. The number of likely N-dealkylation sites (N-methyl/N-ethyl adjacent to an activating group) is 1. The van der Waals surface area contributed by atoms with Crippen LogP contribution in [0.3, 0.4) is 0 Å². The summed E-state index contributed by atoms with van der Waals surface area (Å²) in [6, 6.07) is 11.6. The monoisotopic (exact) mass is 422 g/mol. The fourth-order valence-electron chi connectivity index (χ4n) is 2.56. The standard InChI is InChI=1S/C19H22N2O7S/c1-20(29-16-7-5-4-6-15(16)21(24)25)17(19(23)27-3)18(22)13-8-10-14(11-9-13)28-12-26-2/h4-11,17-18,22H,12H2,1-3H3/t17-,18+/m1/s1. The Balaban J connectivity index is 2.24. The predicted molar refractivity (Wildman–Crippen MR) is 106 cm³/mol. The second-order valence-corrected chi connectivity index (χ2v) is 7.09. The summed E-state index contributed by atoms with van der Waals surface area (Å²) in [5, 5.41) is 22.1. The Bertz CT molecular complexity index is 832. The number of nitro groups is 1. The highest BCUT2D eigenvalue weighted by molar-refractivity contribution is 7.97. The zero-order chi connectivity index (χ0) is 21.4. The number of methoxy groups -OCH3 is 2. The van der Waals surface area contributed by atoms with Crippen LogP contribution in [-0.4, -0.2) is 54.4 Å². The molecule has 0 aliphatic heterocycles. The lowest BCUT2D eigenvalue weighted by Crippen LogP contribution is -2.40. The molecule has 0 saturated carbocycles. The highest BCUT2D eigenvalue weighted by atomic mass is 32.2. The van der Waals surface area contributed by atoms with Crippen LogP contribution in [0.25, 0.3) is 0 Å². The van der Waals surface area contributed by atoms with Crippen molar-refractivity contribution in [2.24, 2.45) is 0 Å². The molecule has 0 heterocycles. The molecule has 0 aliphatic rings. The lowest BCUT2D eigenvalue weighted by Gasteiger charge is -2.28. The average Bonchev–Trinajstić information content (AvgIpc) is 2.72. The maximum absolute atomic E-state index is 12.4. The first-order chi connectivity index (χ1) is 13.9. The Labute approximate surface area is 172 Å². The third-order valence-electron chi connectivity index (χ3n) is 4.00. The van der Waals surface area contributed by atoms with Gasteiger partial charge >= 0.3 is 5.97 Å². The van der Waals surface area contributed by atoms with Gasteiger partial charge in [0.05, 0.1) is 12.0 Å². The minimum absolute atomic E-state index is 0.0852. The van der Waals surface area contributed by atoms with Crippen LogP contribution in [0.15, 0.2) is 53.4 Å². The third kappa shape index (κ3) is 5.91. The molecule has 0 aromatic heterocycles. The summed E-state index contributed by atoms with van der Waals surface area (Å²) in [5.41, 5.74) is 0.363. The predicted octanol–water partition coefficient (Wildman–Crippen LogP) is 2.79. The Morgan fingerprint density at radius 3 is 2.45 bits per heavy atom. The molecule has 0 radical (unpaired) electrons. The van der Waals surface area contributed by atoms with Gasteiger partial charge in [0, 0.05) is 13.2 Å². The second-order valence-electron chi connectivity index (χ2n) is 5.90. The number of ether oxygens (including phenoxy) is 3. The smallest absolute Gasteiger partial charge is 0.327 e. The molecule has 0 saturated heterocycles. The highest BCUT2D eigenvalue weighted by Crippen LogP contribution is 2.35. The van der Waals surface area contributed by atoms with Gasteiger partial charge < -0.3 is 19.3 Å². The van der Waals surface area contributed by atoms with Crippen LogP contribution < -0.4 is 4.74 Å². The van der Waals surface area contributed by atoms with Gasteiger partial charge in [0.2, 0.25) is 0 Å². The number of rotatable bonds is 10. The van der Waals surface area contributed by atoms with Gasteiger partial charge in [0.1, 0.15) is 22.8 Å². The van der Waals surface area contributed by atoms with Gasteiger partial charge in [-0.2, -0.15) is 0 Å². The van der Waals surface area contributed by atoms with Crippen molar-refractivity contribution >= 4 is 23.6 Å². The number of esters is 1. The van der Waals surface area contributed by atoms with Crippen LogP contribution in [-0.2, 0) is 14.3 Å². The number of carbonyl (C=O) groups is 1. The number of nitro benzene ring substituents is 1. The second kappa shape index (κ2) is 10.8. The molecule has 156 valence electrons. The van der Waals surface area contributed by atoms with Crippen molar-refractivity contribution in [1.29, 1.82) is 0 Å². The van der Waals surface area contributed by atoms with Gasteiger partial charge in [-0.25, -0.2) is 4.31 Å². The summed E-state index contributed by atoms with van der Waals surface area (Å²) in [4.78, 5) is 23.4. The summed E-state index contributed by atoms with van der Waals surface area (Å²) in [6.45, 7) is 0.0852. The van der Waals surface area contributed by atoms with Crippen LogP contribution >= 0.6 is 11.9 Å². The topological polar surface area (TPSA) is 111 Å². The Kier molecular flexibility index (Phi) is 8.40. The van der Waals surface area contributed by atoms with E-state index in [0.29, 0.717) is 16.2 Å². The van der Waals surface area contributed by atoms with Gasteiger partial charge in [0.15, 0.2) is 6.79 Å². The fourth-order valence-corrected chi connectivity index (χ4v) is 3.57. The molecule has 2 rings (SSSR count). The molecular weight excluding hydrogens is 400 g/mol. The van der Waals surface area contributed by atoms with Gasteiger partial charge in [-0.05, 0) is 42.8 Å². The normalized spacial score (nSPS) is 13.0. The molecule has 0 bridgehead atoms. The molecule has 0 spiro atoms. The van der Waals surface area contributed by atoms with Gasteiger partial charge in [-0.3, -0.25) is 14.9 Å². The molecule has 2 aromatic rings. The van der Waals surface area contributed by atoms with Crippen molar-refractivity contribution in [2.45, 2.75) is 17.0 Å². The molecule has 0 amide bonds. The van der Waals surface area contributed by atoms with Gasteiger partial charge in [-0.15, -0.1) is 0 Å². The van der Waals surface area contributed by atoms with Crippen molar-refractivity contribution in [3.63, 3.8) is 0 Å².